The summed E-state index contributed by atoms with van der Waals surface area (Å²) in [6, 6.07) is 12.5. The topological polar surface area (TPSA) is 108 Å². The van der Waals surface area contributed by atoms with E-state index in [0.29, 0.717) is 28.4 Å². The quantitative estimate of drug-likeness (QED) is 0.366. The maximum Gasteiger partial charge on any atom is 0.343 e. The lowest BCUT2D eigenvalue weighted by molar-refractivity contribution is 0.00702. The molecule has 10 nitrogen and oxygen atoms in total. The Bertz CT molecular complexity index is 1440. The SMILES string of the molecule is COC(=O)c1cc(-c2ccn3nc(N(C)c4ccccc4C(=O)OC(C)(C)C)nc3c2)cnc1OC. The van der Waals surface area contributed by atoms with Gasteiger partial charge in [-0.05, 0) is 56.7 Å². The number of fused-ring (bicyclic) bond motifs is 1. The molecule has 0 spiro atoms. The standard InChI is InChI=1S/C26H27N5O5/c1-26(2,3)36-24(33)18-9-7-8-10-20(18)30(4)25-28-21-14-16(11-12-31(21)29-25)17-13-19(23(32)35-6)22(34-5)27-15-17/h7-15H,1-6H3. The van der Waals surface area contributed by atoms with Crippen LogP contribution in [0.2, 0.25) is 0 Å². The molecule has 0 radical (unpaired) electrons. The Morgan fingerprint density at radius 2 is 1.72 bits per heavy atom. The van der Waals surface area contributed by atoms with Crippen molar-refractivity contribution in [2.45, 2.75) is 26.4 Å². The third kappa shape index (κ3) is 4.97. The predicted molar refractivity (Wildman–Crippen MR) is 134 cm³/mol. The molecule has 0 aliphatic carbocycles. The van der Waals surface area contributed by atoms with E-state index in [4.69, 9.17) is 14.2 Å². The van der Waals surface area contributed by atoms with E-state index < -0.39 is 17.5 Å². The maximum absolute atomic E-state index is 12.8. The largest absolute Gasteiger partial charge is 0.480 e. The van der Waals surface area contributed by atoms with E-state index in [1.165, 1.54) is 14.2 Å². The van der Waals surface area contributed by atoms with Crippen LogP contribution in [-0.2, 0) is 9.47 Å². The van der Waals surface area contributed by atoms with Crippen LogP contribution in [0.1, 0.15) is 41.5 Å². The van der Waals surface area contributed by atoms with Gasteiger partial charge in [0.05, 0.1) is 25.5 Å². The van der Waals surface area contributed by atoms with Crippen molar-refractivity contribution < 1.29 is 23.8 Å². The monoisotopic (exact) mass is 489 g/mol. The molecular weight excluding hydrogens is 462 g/mol. The van der Waals surface area contributed by atoms with Gasteiger partial charge in [0, 0.05) is 25.0 Å². The number of benzene rings is 1. The van der Waals surface area contributed by atoms with E-state index in [1.807, 2.05) is 45.0 Å². The fourth-order valence-corrected chi connectivity index (χ4v) is 3.60. The molecule has 4 aromatic rings. The number of hydrogen-bond acceptors (Lipinski definition) is 9. The highest BCUT2D eigenvalue weighted by Crippen LogP contribution is 2.29. The van der Waals surface area contributed by atoms with Crippen molar-refractivity contribution in [3.63, 3.8) is 0 Å². The van der Waals surface area contributed by atoms with Crippen LogP contribution in [0.15, 0.2) is 54.9 Å². The first kappa shape index (κ1) is 24.6. The Kier molecular flexibility index (Phi) is 6.61. The summed E-state index contributed by atoms with van der Waals surface area (Å²) in [4.78, 5) is 35.5. The third-order valence-corrected chi connectivity index (χ3v) is 5.29. The number of aromatic nitrogens is 4. The van der Waals surface area contributed by atoms with Gasteiger partial charge in [-0.3, -0.25) is 0 Å². The summed E-state index contributed by atoms with van der Waals surface area (Å²) >= 11 is 0. The molecule has 0 aliphatic rings. The molecule has 3 heterocycles. The highest BCUT2D eigenvalue weighted by molar-refractivity contribution is 5.97. The van der Waals surface area contributed by atoms with Gasteiger partial charge in [-0.1, -0.05) is 12.1 Å². The number of pyridine rings is 2. The first-order valence-electron chi connectivity index (χ1n) is 11.2. The molecule has 0 saturated heterocycles. The highest BCUT2D eigenvalue weighted by atomic mass is 16.6. The number of hydrogen-bond donors (Lipinski definition) is 0. The number of carbonyl (C=O) groups excluding carboxylic acids is 2. The summed E-state index contributed by atoms with van der Waals surface area (Å²) in [5.74, 6) is -0.394. The molecule has 0 amide bonds. The second-order valence-electron chi connectivity index (χ2n) is 8.98. The minimum Gasteiger partial charge on any atom is -0.480 e. The number of anilines is 2. The number of para-hydroxylation sites is 1. The summed E-state index contributed by atoms with van der Waals surface area (Å²) in [6.07, 6.45) is 3.37. The van der Waals surface area contributed by atoms with E-state index in [9.17, 15) is 9.59 Å². The number of methoxy groups -OCH3 is 2. The Hall–Kier alpha value is -4.47. The molecule has 0 unspecified atom stereocenters. The van der Waals surface area contributed by atoms with E-state index in [-0.39, 0.29) is 11.4 Å². The molecular formula is C26H27N5O5. The Morgan fingerprint density at radius 3 is 2.42 bits per heavy atom. The van der Waals surface area contributed by atoms with Crippen molar-refractivity contribution in [1.29, 1.82) is 0 Å². The van der Waals surface area contributed by atoms with Gasteiger partial charge >= 0.3 is 11.9 Å². The number of rotatable bonds is 6. The van der Waals surface area contributed by atoms with Gasteiger partial charge in [0.15, 0.2) is 5.65 Å². The fourth-order valence-electron chi connectivity index (χ4n) is 3.60. The summed E-state index contributed by atoms with van der Waals surface area (Å²) in [7, 11) is 4.53. The van der Waals surface area contributed by atoms with Gasteiger partial charge in [0.25, 0.3) is 0 Å². The van der Waals surface area contributed by atoms with E-state index in [0.717, 1.165) is 5.56 Å². The smallest absolute Gasteiger partial charge is 0.343 e. The molecule has 0 N–H and O–H groups in total. The molecule has 4 rings (SSSR count). The van der Waals surface area contributed by atoms with Crippen molar-refractivity contribution in [2.24, 2.45) is 0 Å². The van der Waals surface area contributed by atoms with Crippen molar-refractivity contribution in [2.75, 3.05) is 26.2 Å². The van der Waals surface area contributed by atoms with Crippen molar-refractivity contribution in [3.8, 4) is 17.0 Å². The van der Waals surface area contributed by atoms with Gasteiger partial charge in [0.2, 0.25) is 11.8 Å². The number of carbonyl (C=O) groups is 2. The van der Waals surface area contributed by atoms with E-state index >= 15 is 0 Å². The zero-order valence-corrected chi connectivity index (χ0v) is 21.0. The van der Waals surface area contributed by atoms with Crippen LogP contribution < -0.4 is 9.64 Å². The molecule has 10 heteroatoms. The average molecular weight is 490 g/mol. The zero-order chi connectivity index (χ0) is 26.0. The van der Waals surface area contributed by atoms with Crippen LogP contribution in [0.4, 0.5) is 11.6 Å². The van der Waals surface area contributed by atoms with Crippen molar-refractivity contribution in [3.05, 3.63) is 66.0 Å². The van der Waals surface area contributed by atoms with E-state index in [1.54, 1.807) is 47.1 Å². The molecule has 1 aromatic carbocycles. The van der Waals surface area contributed by atoms with Crippen molar-refractivity contribution >= 4 is 29.2 Å². The van der Waals surface area contributed by atoms with Crippen LogP contribution in [0, 0.1) is 0 Å². The fraction of sp³-hybridized carbons (Fsp3) is 0.269. The minimum atomic E-state index is -0.620. The van der Waals surface area contributed by atoms with E-state index in [2.05, 4.69) is 15.1 Å². The summed E-state index contributed by atoms with van der Waals surface area (Å²) in [6.45, 7) is 5.47. The number of nitrogens with zero attached hydrogens (tertiary/aromatic N) is 5. The molecule has 0 aliphatic heterocycles. The predicted octanol–water partition coefficient (Wildman–Crippen LogP) is 4.31. The number of ether oxygens (including phenoxy) is 3. The van der Waals surface area contributed by atoms with Crippen LogP contribution in [0.5, 0.6) is 5.88 Å². The molecule has 0 atom stereocenters. The first-order valence-corrected chi connectivity index (χ1v) is 11.2. The lowest BCUT2D eigenvalue weighted by Gasteiger charge is -2.22. The van der Waals surface area contributed by atoms with Crippen LogP contribution in [0.25, 0.3) is 16.8 Å². The Labute approximate surface area is 208 Å². The molecule has 0 fully saturated rings. The van der Waals surface area contributed by atoms with Gasteiger partial charge in [-0.15, -0.1) is 5.10 Å². The normalized spacial score (nSPS) is 11.3. The van der Waals surface area contributed by atoms with Crippen LogP contribution in [0.3, 0.4) is 0 Å². The second-order valence-corrected chi connectivity index (χ2v) is 8.98. The van der Waals surface area contributed by atoms with Crippen LogP contribution in [-0.4, -0.2) is 58.4 Å². The molecule has 3 aromatic heterocycles. The Morgan fingerprint density at radius 1 is 0.972 bits per heavy atom. The van der Waals surface area contributed by atoms with Gasteiger partial charge in [0.1, 0.15) is 11.2 Å². The average Bonchev–Trinajstić information content (AvgIpc) is 3.30. The Balaban J connectivity index is 1.69. The highest BCUT2D eigenvalue weighted by Gasteiger charge is 2.23. The number of esters is 2. The van der Waals surface area contributed by atoms with Gasteiger partial charge < -0.3 is 19.1 Å². The zero-order valence-electron chi connectivity index (χ0n) is 21.0. The first-order chi connectivity index (χ1) is 17.1. The third-order valence-electron chi connectivity index (χ3n) is 5.29. The van der Waals surface area contributed by atoms with Crippen LogP contribution >= 0.6 is 0 Å². The van der Waals surface area contributed by atoms with Gasteiger partial charge in [-0.25, -0.2) is 19.1 Å². The second kappa shape index (κ2) is 9.65. The lowest BCUT2D eigenvalue weighted by atomic mass is 10.1. The summed E-state index contributed by atoms with van der Waals surface area (Å²) < 4.78 is 17.2. The molecule has 186 valence electrons. The molecule has 0 bridgehead atoms. The lowest BCUT2D eigenvalue weighted by Crippen LogP contribution is -2.25. The van der Waals surface area contributed by atoms with Gasteiger partial charge in [-0.2, -0.15) is 4.98 Å². The van der Waals surface area contributed by atoms with Crippen molar-refractivity contribution in [1.82, 2.24) is 19.6 Å². The summed E-state index contributed by atoms with van der Waals surface area (Å²) in [5, 5.41) is 4.55. The summed E-state index contributed by atoms with van der Waals surface area (Å²) in [5.41, 5.74) is 2.66. The molecule has 0 saturated carbocycles. The minimum absolute atomic E-state index is 0.182. The molecule has 36 heavy (non-hydrogen) atoms. The maximum atomic E-state index is 12.8.